The van der Waals surface area contributed by atoms with Crippen molar-refractivity contribution in [2.75, 3.05) is 6.61 Å². The van der Waals surface area contributed by atoms with Gasteiger partial charge in [-0.2, -0.15) is 0 Å². The number of hydrogen-bond donors (Lipinski definition) is 1. The van der Waals surface area contributed by atoms with Crippen molar-refractivity contribution in [1.29, 1.82) is 0 Å². The first kappa shape index (κ1) is 16.8. The van der Waals surface area contributed by atoms with Crippen LogP contribution in [0.15, 0.2) is 0 Å². The third kappa shape index (κ3) is 3.62. The number of rotatable bonds is 4. The zero-order valence-corrected chi connectivity index (χ0v) is 12.9. The highest BCUT2D eigenvalue weighted by Crippen LogP contribution is 2.32. The van der Waals surface area contributed by atoms with Gasteiger partial charge in [-0.1, -0.05) is 13.3 Å². The molecule has 0 aromatic rings. The van der Waals surface area contributed by atoms with E-state index in [1.807, 2.05) is 6.92 Å². The predicted octanol–water partition coefficient (Wildman–Crippen LogP) is 2.61. The molecular formula is C14H25NO5. The van der Waals surface area contributed by atoms with Gasteiger partial charge < -0.3 is 14.6 Å². The molecule has 0 radical (unpaired) electrons. The fourth-order valence-electron chi connectivity index (χ4n) is 2.11. The number of carboxylic acids is 1. The first-order chi connectivity index (χ1) is 9.12. The van der Waals surface area contributed by atoms with Crippen molar-refractivity contribution in [1.82, 2.24) is 4.90 Å². The molecule has 2 atom stereocenters. The van der Waals surface area contributed by atoms with E-state index in [4.69, 9.17) is 9.47 Å². The van der Waals surface area contributed by atoms with E-state index in [2.05, 4.69) is 0 Å². The monoisotopic (exact) mass is 287 g/mol. The number of carboxylic acid groups (broad SMARTS) is 1. The number of amides is 1. The molecule has 6 nitrogen and oxygen atoms in total. The topological polar surface area (TPSA) is 76.1 Å². The van der Waals surface area contributed by atoms with Crippen molar-refractivity contribution in [3.05, 3.63) is 0 Å². The summed E-state index contributed by atoms with van der Waals surface area (Å²) in [6.07, 6.45) is 1.25. The van der Waals surface area contributed by atoms with E-state index in [1.165, 1.54) is 11.8 Å². The molecular weight excluding hydrogens is 262 g/mol. The summed E-state index contributed by atoms with van der Waals surface area (Å²) in [5.74, 6) is -1.08. The number of carbonyl (C=O) groups is 2. The Morgan fingerprint density at radius 3 is 2.50 bits per heavy atom. The van der Waals surface area contributed by atoms with Crippen LogP contribution in [0.25, 0.3) is 0 Å². The van der Waals surface area contributed by atoms with E-state index in [-0.39, 0.29) is 6.61 Å². The molecule has 1 aliphatic rings. The quantitative estimate of drug-likeness (QED) is 0.860. The standard InChI is InChI=1S/C14H25NO5/c1-6-7-8-10-15(12(18)20-13(2,3)4)14(5,9-19-10)11(16)17/h10H,6-9H2,1-5H3,(H,16,17)/t10-,14+/m1/s1. The number of unbranched alkanes of at least 4 members (excludes halogenated alkanes) is 1. The van der Waals surface area contributed by atoms with Crippen LogP contribution in [-0.2, 0) is 14.3 Å². The molecule has 0 aliphatic carbocycles. The van der Waals surface area contributed by atoms with Crippen molar-refractivity contribution in [3.63, 3.8) is 0 Å². The van der Waals surface area contributed by atoms with Crippen LogP contribution < -0.4 is 0 Å². The summed E-state index contributed by atoms with van der Waals surface area (Å²) in [5.41, 5.74) is -2.05. The smallest absolute Gasteiger partial charge is 0.413 e. The first-order valence-corrected chi connectivity index (χ1v) is 6.99. The van der Waals surface area contributed by atoms with Crippen LogP contribution >= 0.6 is 0 Å². The van der Waals surface area contributed by atoms with Gasteiger partial charge in [0.2, 0.25) is 0 Å². The van der Waals surface area contributed by atoms with Gasteiger partial charge in [0.05, 0.1) is 6.61 Å². The Balaban J connectivity index is 2.96. The molecule has 0 bridgehead atoms. The maximum absolute atomic E-state index is 12.3. The van der Waals surface area contributed by atoms with Crippen LogP contribution in [0.2, 0.25) is 0 Å². The molecule has 1 N–H and O–H groups in total. The lowest BCUT2D eigenvalue weighted by atomic mass is 10.0. The van der Waals surface area contributed by atoms with Gasteiger partial charge >= 0.3 is 12.1 Å². The van der Waals surface area contributed by atoms with Gasteiger partial charge in [0.15, 0.2) is 5.54 Å². The van der Waals surface area contributed by atoms with E-state index in [0.717, 1.165) is 12.8 Å². The summed E-state index contributed by atoms with van der Waals surface area (Å²) >= 11 is 0. The van der Waals surface area contributed by atoms with Crippen molar-refractivity contribution in [2.45, 2.75) is 71.2 Å². The third-order valence-corrected chi connectivity index (χ3v) is 3.23. The lowest BCUT2D eigenvalue weighted by Gasteiger charge is -2.34. The van der Waals surface area contributed by atoms with Crippen molar-refractivity contribution < 1.29 is 24.2 Å². The number of carbonyl (C=O) groups excluding carboxylic acids is 1. The minimum Gasteiger partial charge on any atom is -0.479 e. The lowest BCUT2D eigenvalue weighted by Crippen LogP contribution is -2.56. The summed E-state index contributed by atoms with van der Waals surface area (Å²) in [5, 5.41) is 9.40. The highest BCUT2D eigenvalue weighted by Gasteiger charge is 2.53. The Bertz CT molecular complexity index is 376. The average Bonchev–Trinajstić information content (AvgIpc) is 2.63. The summed E-state index contributed by atoms with van der Waals surface area (Å²) in [6.45, 7) is 8.76. The van der Waals surface area contributed by atoms with Crippen LogP contribution in [0.3, 0.4) is 0 Å². The summed E-state index contributed by atoms with van der Waals surface area (Å²) in [4.78, 5) is 25.0. The van der Waals surface area contributed by atoms with Crippen LogP contribution in [-0.4, -0.2) is 46.0 Å². The first-order valence-electron chi connectivity index (χ1n) is 6.99. The van der Waals surface area contributed by atoms with E-state index >= 15 is 0 Å². The van der Waals surface area contributed by atoms with Gasteiger partial charge in [-0.05, 0) is 40.5 Å². The molecule has 1 fully saturated rings. The number of aliphatic carboxylic acids is 1. The summed E-state index contributed by atoms with van der Waals surface area (Å²) < 4.78 is 10.8. The van der Waals surface area contributed by atoms with Crippen molar-refractivity contribution in [3.8, 4) is 0 Å². The van der Waals surface area contributed by atoms with Crippen LogP contribution in [0.1, 0.15) is 53.9 Å². The molecule has 116 valence electrons. The second kappa shape index (κ2) is 5.99. The largest absolute Gasteiger partial charge is 0.479 e. The fraction of sp³-hybridized carbons (Fsp3) is 0.857. The van der Waals surface area contributed by atoms with Gasteiger partial charge in [-0.25, -0.2) is 9.59 Å². The molecule has 1 heterocycles. The molecule has 0 spiro atoms. The van der Waals surface area contributed by atoms with E-state index in [1.54, 1.807) is 20.8 Å². The van der Waals surface area contributed by atoms with Crippen molar-refractivity contribution in [2.24, 2.45) is 0 Å². The molecule has 20 heavy (non-hydrogen) atoms. The van der Waals surface area contributed by atoms with Crippen LogP contribution in [0.4, 0.5) is 4.79 Å². The van der Waals surface area contributed by atoms with Gasteiger partial charge in [0.1, 0.15) is 11.8 Å². The second-order valence-electron chi connectivity index (χ2n) is 6.34. The Kier molecular flexibility index (Phi) is 5.02. The number of nitrogens with zero attached hydrogens (tertiary/aromatic N) is 1. The molecule has 0 aromatic carbocycles. The Morgan fingerprint density at radius 2 is 2.05 bits per heavy atom. The van der Waals surface area contributed by atoms with Gasteiger partial charge in [0.25, 0.3) is 0 Å². The molecule has 1 saturated heterocycles. The maximum Gasteiger partial charge on any atom is 0.413 e. The lowest BCUT2D eigenvalue weighted by molar-refractivity contribution is -0.148. The third-order valence-electron chi connectivity index (χ3n) is 3.23. The molecule has 0 unspecified atom stereocenters. The van der Waals surface area contributed by atoms with E-state index in [0.29, 0.717) is 6.42 Å². The highest BCUT2D eigenvalue weighted by atomic mass is 16.6. The zero-order valence-electron chi connectivity index (χ0n) is 12.9. The Morgan fingerprint density at radius 1 is 1.45 bits per heavy atom. The molecule has 1 amide bonds. The minimum absolute atomic E-state index is 0.0179. The SMILES string of the molecule is CCCC[C@H]1OC[C@@](C)(C(=O)O)N1C(=O)OC(C)(C)C. The number of hydrogen-bond acceptors (Lipinski definition) is 4. The van der Waals surface area contributed by atoms with Gasteiger partial charge in [-0.3, -0.25) is 4.90 Å². The maximum atomic E-state index is 12.3. The van der Waals surface area contributed by atoms with E-state index < -0.39 is 29.4 Å². The highest BCUT2D eigenvalue weighted by molar-refractivity contribution is 5.85. The minimum atomic E-state index is -1.37. The molecule has 1 aliphatic heterocycles. The predicted molar refractivity (Wildman–Crippen MR) is 73.4 cm³/mol. The van der Waals surface area contributed by atoms with Crippen molar-refractivity contribution >= 4 is 12.1 Å². The molecule has 0 aromatic heterocycles. The molecule has 1 rings (SSSR count). The zero-order chi connectivity index (χ0) is 15.6. The molecule has 6 heteroatoms. The fourth-order valence-corrected chi connectivity index (χ4v) is 2.11. The van der Waals surface area contributed by atoms with Gasteiger partial charge in [0, 0.05) is 0 Å². The summed E-state index contributed by atoms with van der Waals surface area (Å²) in [7, 11) is 0. The van der Waals surface area contributed by atoms with Crippen LogP contribution in [0.5, 0.6) is 0 Å². The Labute approximate surface area is 120 Å². The second-order valence-corrected chi connectivity index (χ2v) is 6.34. The molecule has 0 saturated carbocycles. The Hall–Kier alpha value is -1.30. The van der Waals surface area contributed by atoms with Crippen LogP contribution in [0, 0.1) is 0 Å². The van der Waals surface area contributed by atoms with E-state index in [9.17, 15) is 14.7 Å². The summed E-state index contributed by atoms with van der Waals surface area (Å²) in [6, 6.07) is 0. The average molecular weight is 287 g/mol. The van der Waals surface area contributed by atoms with Gasteiger partial charge in [-0.15, -0.1) is 0 Å². The normalized spacial score (nSPS) is 26.6. The number of ether oxygens (including phenoxy) is 2.